The van der Waals surface area contributed by atoms with Crippen molar-refractivity contribution in [3.05, 3.63) is 78.1 Å². The van der Waals surface area contributed by atoms with Crippen molar-refractivity contribution in [2.24, 2.45) is 0 Å². The smallest absolute Gasteiger partial charge is 0.244 e. The Labute approximate surface area is 194 Å². The highest BCUT2D eigenvalue weighted by atomic mass is 16.5. The van der Waals surface area contributed by atoms with E-state index in [1.807, 2.05) is 35.2 Å². The second kappa shape index (κ2) is 10.8. The quantitative estimate of drug-likeness (QED) is 0.567. The van der Waals surface area contributed by atoms with Crippen LogP contribution in [0.4, 0.5) is 5.69 Å². The molecule has 7 nitrogen and oxygen atoms in total. The average Bonchev–Trinajstić information content (AvgIpc) is 3.27. The van der Waals surface area contributed by atoms with E-state index in [0.717, 1.165) is 31.7 Å². The van der Waals surface area contributed by atoms with E-state index < -0.39 is 0 Å². The lowest BCUT2D eigenvalue weighted by Gasteiger charge is -2.32. The van der Waals surface area contributed by atoms with Crippen molar-refractivity contribution >= 4 is 17.5 Å². The van der Waals surface area contributed by atoms with Crippen LogP contribution >= 0.6 is 0 Å². The molecule has 4 rings (SSSR count). The number of anilines is 1. The Morgan fingerprint density at radius 2 is 1.79 bits per heavy atom. The summed E-state index contributed by atoms with van der Waals surface area (Å²) in [6, 6.07) is 18.1. The summed E-state index contributed by atoms with van der Waals surface area (Å²) in [5.74, 6) is 1.14. The molecule has 1 N–H and O–H groups in total. The molecule has 3 aromatic rings. The summed E-state index contributed by atoms with van der Waals surface area (Å²) in [5.41, 5.74) is 3.20. The van der Waals surface area contributed by atoms with Crippen LogP contribution < -0.4 is 10.1 Å². The molecule has 172 valence electrons. The Balaban J connectivity index is 1.19. The van der Waals surface area contributed by atoms with Gasteiger partial charge in [0.1, 0.15) is 12.3 Å². The van der Waals surface area contributed by atoms with Gasteiger partial charge in [-0.05, 0) is 43.4 Å². The SMILES string of the molecule is Cc1ccc(C2CCN(C(=O)Cn3cc(NC(=O)CCOc4ccccc4)cn3)CC2)cc1. The summed E-state index contributed by atoms with van der Waals surface area (Å²) in [7, 11) is 0. The van der Waals surface area contributed by atoms with Crippen LogP contribution in [0.1, 0.15) is 36.3 Å². The van der Waals surface area contributed by atoms with Crippen molar-refractivity contribution in [2.45, 2.75) is 38.6 Å². The highest BCUT2D eigenvalue weighted by Crippen LogP contribution is 2.28. The first-order chi connectivity index (χ1) is 16.1. The zero-order chi connectivity index (χ0) is 23.0. The predicted molar refractivity (Wildman–Crippen MR) is 127 cm³/mol. The average molecular weight is 447 g/mol. The van der Waals surface area contributed by atoms with Gasteiger partial charge in [0.25, 0.3) is 0 Å². The van der Waals surface area contributed by atoms with E-state index in [1.165, 1.54) is 11.1 Å². The summed E-state index contributed by atoms with van der Waals surface area (Å²) < 4.78 is 7.12. The Bertz CT molecular complexity index is 1050. The number of piperidine rings is 1. The minimum atomic E-state index is -0.157. The maximum Gasteiger partial charge on any atom is 0.244 e. The van der Waals surface area contributed by atoms with E-state index in [2.05, 4.69) is 41.6 Å². The second-order valence-corrected chi connectivity index (χ2v) is 8.45. The van der Waals surface area contributed by atoms with E-state index in [-0.39, 0.29) is 24.8 Å². The molecular weight excluding hydrogens is 416 g/mol. The highest BCUT2D eigenvalue weighted by molar-refractivity contribution is 5.90. The number of benzene rings is 2. The van der Waals surface area contributed by atoms with Crippen LogP contribution in [0, 0.1) is 6.92 Å². The molecule has 2 aromatic carbocycles. The van der Waals surface area contributed by atoms with Crippen molar-refractivity contribution in [3.63, 3.8) is 0 Å². The minimum absolute atomic E-state index is 0.0505. The van der Waals surface area contributed by atoms with Gasteiger partial charge < -0.3 is 15.0 Å². The van der Waals surface area contributed by atoms with E-state index in [4.69, 9.17) is 4.74 Å². The molecule has 0 bridgehead atoms. The number of nitrogens with one attached hydrogen (secondary N) is 1. The summed E-state index contributed by atoms with van der Waals surface area (Å²) >= 11 is 0. The molecule has 1 aliphatic heterocycles. The van der Waals surface area contributed by atoms with Gasteiger partial charge in [-0.25, -0.2) is 0 Å². The molecule has 1 saturated heterocycles. The van der Waals surface area contributed by atoms with Crippen LogP contribution in [0.2, 0.25) is 0 Å². The number of carbonyl (C=O) groups is 2. The number of nitrogens with zero attached hydrogens (tertiary/aromatic N) is 3. The third-order valence-corrected chi connectivity index (χ3v) is 5.95. The molecule has 1 aliphatic rings. The first-order valence-electron chi connectivity index (χ1n) is 11.4. The molecule has 33 heavy (non-hydrogen) atoms. The fraction of sp³-hybridized carbons (Fsp3) is 0.346. The van der Waals surface area contributed by atoms with Gasteiger partial charge >= 0.3 is 0 Å². The number of rotatable bonds is 8. The summed E-state index contributed by atoms with van der Waals surface area (Å²) in [6.45, 7) is 4.06. The molecule has 7 heteroatoms. The molecule has 1 aromatic heterocycles. The zero-order valence-corrected chi connectivity index (χ0v) is 18.9. The molecule has 0 spiro atoms. The molecule has 0 radical (unpaired) electrons. The van der Waals surface area contributed by atoms with E-state index in [0.29, 0.717) is 18.2 Å². The van der Waals surface area contributed by atoms with Crippen molar-refractivity contribution in [1.82, 2.24) is 14.7 Å². The standard InChI is InChI=1S/C26H30N4O3/c1-20-7-9-21(10-8-20)22-11-14-29(15-12-22)26(32)19-30-18-23(17-27-30)28-25(31)13-16-33-24-5-3-2-4-6-24/h2-10,17-18,22H,11-16,19H2,1H3,(H,28,31). The number of aromatic nitrogens is 2. The lowest BCUT2D eigenvalue weighted by molar-refractivity contribution is -0.133. The van der Waals surface area contributed by atoms with Crippen LogP contribution in [-0.4, -0.2) is 46.2 Å². The highest BCUT2D eigenvalue weighted by Gasteiger charge is 2.24. The topological polar surface area (TPSA) is 76.5 Å². The normalized spacial score (nSPS) is 14.2. The number of hydrogen-bond acceptors (Lipinski definition) is 4. The van der Waals surface area contributed by atoms with Gasteiger partial charge in [-0.2, -0.15) is 5.10 Å². The number of aryl methyl sites for hydroxylation is 1. The first kappa shape index (κ1) is 22.6. The molecule has 0 saturated carbocycles. The van der Waals surface area contributed by atoms with Gasteiger partial charge in [0, 0.05) is 19.3 Å². The van der Waals surface area contributed by atoms with Gasteiger partial charge in [0.15, 0.2) is 0 Å². The molecule has 0 unspecified atom stereocenters. The molecular formula is C26H30N4O3. The fourth-order valence-corrected chi connectivity index (χ4v) is 4.06. The van der Waals surface area contributed by atoms with Crippen LogP contribution in [0.3, 0.4) is 0 Å². The van der Waals surface area contributed by atoms with Crippen LogP contribution in [0.5, 0.6) is 5.75 Å². The Morgan fingerprint density at radius 1 is 1.06 bits per heavy atom. The Morgan fingerprint density at radius 3 is 2.52 bits per heavy atom. The molecule has 0 aliphatic carbocycles. The number of para-hydroxylation sites is 1. The number of likely N-dealkylation sites (tertiary alicyclic amines) is 1. The van der Waals surface area contributed by atoms with E-state index >= 15 is 0 Å². The Kier molecular flexibility index (Phi) is 7.40. The second-order valence-electron chi connectivity index (χ2n) is 8.45. The van der Waals surface area contributed by atoms with Crippen LogP contribution in [0.15, 0.2) is 67.0 Å². The molecule has 2 amide bonds. The summed E-state index contributed by atoms with van der Waals surface area (Å²) in [5, 5.41) is 7.03. The minimum Gasteiger partial charge on any atom is -0.493 e. The van der Waals surface area contributed by atoms with E-state index in [1.54, 1.807) is 17.1 Å². The Hall–Kier alpha value is -3.61. The van der Waals surface area contributed by atoms with Gasteiger partial charge in [-0.15, -0.1) is 0 Å². The molecule has 0 atom stereocenters. The monoisotopic (exact) mass is 446 g/mol. The van der Waals surface area contributed by atoms with Gasteiger partial charge in [0.2, 0.25) is 11.8 Å². The van der Waals surface area contributed by atoms with Crippen molar-refractivity contribution in [2.75, 3.05) is 25.0 Å². The van der Waals surface area contributed by atoms with Crippen molar-refractivity contribution < 1.29 is 14.3 Å². The molecule has 2 heterocycles. The van der Waals surface area contributed by atoms with E-state index in [9.17, 15) is 9.59 Å². The number of ether oxygens (including phenoxy) is 1. The third-order valence-electron chi connectivity index (χ3n) is 5.95. The predicted octanol–water partition coefficient (Wildman–Crippen LogP) is 4.01. The van der Waals surface area contributed by atoms with Gasteiger partial charge in [-0.3, -0.25) is 14.3 Å². The number of carbonyl (C=O) groups excluding carboxylic acids is 2. The largest absolute Gasteiger partial charge is 0.493 e. The number of amides is 2. The fourth-order valence-electron chi connectivity index (χ4n) is 4.06. The summed E-state index contributed by atoms with van der Waals surface area (Å²) in [6.07, 6.45) is 5.43. The summed E-state index contributed by atoms with van der Waals surface area (Å²) in [4.78, 5) is 26.8. The maximum absolute atomic E-state index is 12.7. The third kappa shape index (κ3) is 6.44. The maximum atomic E-state index is 12.7. The molecule has 1 fully saturated rings. The van der Waals surface area contributed by atoms with Gasteiger partial charge in [0.05, 0.1) is 24.9 Å². The van der Waals surface area contributed by atoms with Gasteiger partial charge in [-0.1, -0.05) is 48.0 Å². The first-order valence-corrected chi connectivity index (χ1v) is 11.4. The van der Waals surface area contributed by atoms with Crippen molar-refractivity contribution in [1.29, 1.82) is 0 Å². The van der Waals surface area contributed by atoms with Crippen LogP contribution in [0.25, 0.3) is 0 Å². The van der Waals surface area contributed by atoms with Crippen molar-refractivity contribution in [3.8, 4) is 5.75 Å². The van der Waals surface area contributed by atoms with Crippen LogP contribution in [-0.2, 0) is 16.1 Å². The number of hydrogen-bond donors (Lipinski definition) is 1. The lowest BCUT2D eigenvalue weighted by Crippen LogP contribution is -2.39. The zero-order valence-electron chi connectivity index (χ0n) is 18.9. The lowest BCUT2D eigenvalue weighted by atomic mass is 9.89.